The number of nitrogens with zero attached hydrogens (tertiary/aromatic N) is 1. The van der Waals surface area contributed by atoms with Crippen molar-refractivity contribution in [2.75, 3.05) is 24.4 Å². The zero-order valence-corrected chi connectivity index (χ0v) is 18.1. The second-order valence-electron chi connectivity index (χ2n) is 7.20. The molecule has 8 nitrogen and oxygen atoms in total. The first-order chi connectivity index (χ1) is 15.5. The van der Waals surface area contributed by atoms with E-state index in [0.29, 0.717) is 6.54 Å². The molecule has 3 rings (SSSR count). The van der Waals surface area contributed by atoms with Crippen molar-refractivity contribution in [3.63, 3.8) is 0 Å². The van der Waals surface area contributed by atoms with Gasteiger partial charge in [-0.15, -0.1) is 0 Å². The van der Waals surface area contributed by atoms with Gasteiger partial charge >= 0.3 is 5.69 Å². The Bertz CT molecular complexity index is 1200. The number of aromatic amines is 1. The van der Waals surface area contributed by atoms with E-state index in [1.165, 1.54) is 17.8 Å². The Morgan fingerprint density at radius 2 is 1.81 bits per heavy atom. The van der Waals surface area contributed by atoms with Gasteiger partial charge in [-0.2, -0.15) is 0 Å². The molecule has 32 heavy (non-hydrogen) atoms. The maximum atomic E-state index is 12.6. The molecule has 0 saturated carbocycles. The van der Waals surface area contributed by atoms with Crippen LogP contribution in [-0.4, -0.2) is 29.2 Å². The summed E-state index contributed by atoms with van der Waals surface area (Å²) in [6.07, 6.45) is 3.02. The average molecular weight is 434 g/mol. The predicted molar refractivity (Wildman–Crippen MR) is 126 cm³/mol. The second kappa shape index (κ2) is 10.9. The van der Waals surface area contributed by atoms with Gasteiger partial charge in [-0.05, 0) is 24.1 Å². The summed E-state index contributed by atoms with van der Waals surface area (Å²) in [5.41, 5.74) is 1.77. The summed E-state index contributed by atoms with van der Waals surface area (Å²) >= 11 is 0. The van der Waals surface area contributed by atoms with Crippen molar-refractivity contribution in [2.45, 2.75) is 20.0 Å². The molecule has 2 aromatic carbocycles. The van der Waals surface area contributed by atoms with Crippen LogP contribution in [-0.2, 0) is 22.6 Å². The van der Waals surface area contributed by atoms with Crippen molar-refractivity contribution in [1.82, 2.24) is 9.55 Å². The summed E-state index contributed by atoms with van der Waals surface area (Å²) in [4.78, 5) is 39.9. The van der Waals surface area contributed by atoms with Crippen LogP contribution in [0.1, 0.15) is 16.7 Å². The fraction of sp³-hybridized carbons (Fsp3) is 0.208. The Morgan fingerprint density at radius 3 is 2.50 bits per heavy atom. The lowest BCUT2D eigenvalue weighted by molar-refractivity contribution is -0.111. The highest BCUT2D eigenvalue weighted by atomic mass is 16.5. The average Bonchev–Trinajstić information content (AvgIpc) is 2.79. The van der Waals surface area contributed by atoms with Gasteiger partial charge in [0.25, 0.3) is 5.56 Å². The zero-order chi connectivity index (χ0) is 22.9. The number of anilines is 2. The van der Waals surface area contributed by atoms with Gasteiger partial charge in [-0.1, -0.05) is 60.2 Å². The third kappa shape index (κ3) is 6.05. The van der Waals surface area contributed by atoms with E-state index in [1.54, 1.807) is 6.08 Å². The SMILES string of the molecule is COCCn1c(NC(=O)/C=C/c2ccc(C)cc2)c(NCc2ccccc2)c(=O)[nH]c1=O. The number of methoxy groups -OCH3 is 1. The summed E-state index contributed by atoms with van der Waals surface area (Å²) in [6.45, 7) is 2.71. The van der Waals surface area contributed by atoms with Crippen LogP contribution in [0.5, 0.6) is 0 Å². The molecule has 1 heterocycles. The minimum atomic E-state index is -0.630. The standard InChI is InChI=1S/C24H26N4O4/c1-17-8-10-18(11-9-17)12-13-20(29)26-22-21(25-16-19-6-4-3-5-7-19)23(30)27-24(31)28(22)14-15-32-2/h3-13,25H,14-16H2,1-2H3,(H,26,29)(H,27,30,31)/b13-12+. The van der Waals surface area contributed by atoms with Gasteiger partial charge in [0.2, 0.25) is 5.91 Å². The van der Waals surface area contributed by atoms with Gasteiger partial charge in [0, 0.05) is 19.7 Å². The van der Waals surface area contributed by atoms with E-state index in [-0.39, 0.29) is 24.7 Å². The summed E-state index contributed by atoms with van der Waals surface area (Å²) in [5.74, 6) is -0.380. The Balaban J connectivity index is 1.90. The van der Waals surface area contributed by atoms with Crippen LogP contribution in [0.3, 0.4) is 0 Å². The second-order valence-corrected chi connectivity index (χ2v) is 7.20. The van der Waals surface area contributed by atoms with Crippen LogP contribution in [0, 0.1) is 6.92 Å². The van der Waals surface area contributed by atoms with Crippen LogP contribution in [0.15, 0.2) is 70.3 Å². The molecule has 0 fully saturated rings. The van der Waals surface area contributed by atoms with Crippen LogP contribution in [0.2, 0.25) is 0 Å². The van der Waals surface area contributed by atoms with Gasteiger partial charge in [-0.3, -0.25) is 19.1 Å². The third-order valence-corrected chi connectivity index (χ3v) is 4.78. The fourth-order valence-corrected chi connectivity index (χ4v) is 3.06. The highest BCUT2D eigenvalue weighted by Crippen LogP contribution is 2.17. The number of nitrogens with one attached hydrogen (secondary N) is 3. The van der Waals surface area contributed by atoms with Gasteiger partial charge in [-0.25, -0.2) is 4.79 Å². The van der Waals surface area contributed by atoms with E-state index in [9.17, 15) is 14.4 Å². The molecule has 0 spiro atoms. The number of amides is 1. The lowest BCUT2D eigenvalue weighted by atomic mass is 10.1. The van der Waals surface area contributed by atoms with Gasteiger partial charge < -0.3 is 15.4 Å². The first kappa shape index (κ1) is 22.8. The summed E-state index contributed by atoms with van der Waals surface area (Å²) in [5, 5.41) is 5.73. The Labute approximate surface area is 185 Å². The van der Waals surface area contributed by atoms with Crippen molar-refractivity contribution >= 4 is 23.5 Å². The van der Waals surface area contributed by atoms with Crippen LogP contribution in [0.4, 0.5) is 11.5 Å². The van der Waals surface area contributed by atoms with Crippen molar-refractivity contribution < 1.29 is 9.53 Å². The Morgan fingerprint density at radius 1 is 1.09 bits per heavy atom. The Kier molecular flexibility index (Phi) is 7.77. The number of carbonyl (C=O) groups excluding carboxylic acids is 1. The molecular weight excluding hydrogens is 408 g/mol. The predicted octanol–water partition coefficient (Wildman–Crippen LogP) is 2.76. The third-order valence-electron chi connectivity index (χ3n) is 4.78. The minimum absolute atomic E-state index is 0.0882. The number of aryl methyl sites for hydroxylation is 1. The highest BCUT2D eigenvalue weighted by Gasteiger charge is 2.16. The first-order valence-electron chi connectivity index (χ1n) is 10.2. The lowest BCUT2D eigenvalue weighted by Crippen LogP contribution is -2.36. The highest BCUT2D eigenvalue weighted by molar-refractivity contribution is 6.03. The van der Waals surface area contributed by atoms with E-state index in [1.807, 2.05) is 61.5 Å². The van der Waals surface area contributed by atoms with Crippen LogP contribution in [0.25, 0.3) is 6.08 Å². The van der Waals surface area contributed by atoms with Crippen molar-refractivity contribution in [2.24, 2.45) is 0 Å². The van der Waals surface area contributed by atoms with E-state index in [4.69, 9.17) is 4.74 Å². The molecule has 1 amide bonds. The van der Waals surface area contributed by atoms with Crippen molar-refractivity contribution in [3.8, 4) is 0 Å². The largest absolute Gasteiger partial charge is 0.383 e. The van der Waals surface area contributed by atoms with Gasteiger partial charge in [0.05, 0.1) is 13.2 Å². The van der Waals surface area contributed by atoms with Crippen LogP contribution >= 0.6 is 0 Å². The molecule has 166 valence electrons. The van der Waals surface area contributed by atoms with Crippen molar-refractivity contribution in [3.05, 3.63) is 98.2 Å². The molecule has 0 bridgehead atoms. The van der Waals surface area contributed by atoms with E-state index < -0.39 is 17.2 Å². The van der Waals surface area contributed by atoms with Gasteiger partial charge in [0.1, 0.15) is 11.5 Å². The first-order valence-corrected chi connectivity index (χ1v) is 10.2. The van der Waals surface area contributed by atoms with E-state index >= 15 is 0 Å². The Hall–Kier alpha value is -3.91. The van der Waals surface area contributed by atoms with E-state index in [2.05, 4.69) is 15.6 Å². The maximum absolute atomic E-state index is 12.6. The van der Waals surface area contributed by atoms with E-state index in [0.717, 1.165) is 16.7 Å². The monoisotopic (exact) mass is 434 g/mol. The lowest BCUT2D eigenvalue weighted by Gasteiger charge is -2.17. The fourth-order valence-electron chi connectivity index (χ4n) is 3.06. The summed E-state index contributed by atoms with van der Waals surface area (Å²) in [6, 6.07) is 17.2. The molecule has 3 aromatic rings. The molecular formula is C24H26N4O4. The van der Waals surface area contributed by atoms with Crippen LogP contribution < -0.4 is 21.9 Å². The normalized spacial score (nSPS) is 10.9. The number of aromatic nitrogens is 2. The molecule has 3 N–H and O–H groups in total. The number of rotatable bonds is 9. The number of hydrogen-bond donors (Lipinski definition) is 3. The number of carbonyl (C=O) groups is 1. The molecule has 1 aromatic heterocycles. The zero-order valence-electron chi connectivity index (χ0n) is 18.1. The molecule has 0 aliphatic heterocycles. The maximum Gasteiger partial charge on any atom is 0.330 e. The van der Waals surface area contributed by atoms with Gasteiger partial charge in [0.15, 0.2) is 0 Å². The molecule has 0 aliphatic rings. The molecule has 8 heteroatoms. The molecule has 0 radical (unpaired) electrons. The smallest absolute Gasteiger partial charge is 0.330 e. The number of benzene rings is 2. The van der Waals surface area contributed by atoms with Crippen molar-refractivity contribution in [1.29, 1.82) is 0 Å². The summed E-state index contributed by atoms with van der Waals surface area (Å²) < 4.78 is 6.35. The molecule has 0 atom stereocenters. The number of hydrogen-bond acceptors (Lipinski definition) is 5. The quantitative estimate of drug-likeness (QED) is 0.449. The molecule has 0 unspecified atom stereocenters. The minimum Gasteiger partial charge on any atom is -0.383 e. The molecule has 0 aliphatic carbocycles. The number of H-pyrrole nitrogens is 1. The summed E-state index contributed by atoms with van der Waals surface area (Å²) in [7, 11) is 1.51. The number of ether oxygens (including phenoxy) is 1. The topological polar surface area (TPSA) is 105 Å². The molecule has 0 saturated heterocycles.